The number of hydrogen-bond donors (Lipinski definition) is 1. The molecule has 7 heteroatoms. The highest BCUT2D eigenvalue weighted by molar-refractivity contribution is 9.10. The van der Waals surface area contributed by atoms with Gasteiger partial charge in [-0.1, -0.05) is 0 Å². The lowest BCUT2D eigenvalue weighted by molar-refractivity contribution is 0.0397. The van der Waals surface area contributed by atoms with Crippen molar-refractivity contribution in [1.82, 2.24) is 9.97 Å². The van der Waals surface area contributed by atoms with Crippen molar-refractivity contribution in [1.29, 1.82) is 0 Å². The molecule has 0 unspecified atom stereocenters. The summed E-state index contributed by atoms with van der Waals surface area (Å²) in [5.41, 5.74) is -0.444. The smallest absolute Gasteiger partial charge is 0.347 e. The molecule has 0 aliphatic heterocycles. The van der Waals surface area contributed by atoms with E-state index in [9.17, 15) is 4.79 Å². The summed E-state index contributed by atoms with van der Waals surface area (Å²) in [6, 6.07) is 0. The number of nitrogens with one attached hydrogen (secondary N) is 1. The predicted molar refractivity (Wildman–Crippen MR) is 65.4 cm³/mol. The molecular weight excluding hydrogens is 292 g/mol. The van der Waals surface area contributed by atoms with Gasteiger partial charge in [0.2, 0.25) is 5.88 Å². The molecule has 1 heterocycles. The molecule has 0 saturated heterocycles. The van der Waals surface area contributed by atoms with Gasteiger partial charge >= 0.3 is 5.69 Å². The van der Waals surface area contributed by atoms with Gasteiger partial charge in [-0.15, -0.1) is 0 Å². The average Bonchev–Trinajstić information content (AvgIpc) is 2.32. The van der Waals surface area contributed by atoms with Crippen molar-refractivity contribution in [2.75, 3.05) is 33.0 Å². The molecule has 0 radical (unpaired) electrons. The third-order valence-electron chi connectivity index (χ3n) is 1.78. The fraction of sp³-hybridized carbons (Fsp3) is 0.600. The zero-order valence-corrected chi connectivity index (χ0v) is 11.2. The lowest BCUT2D eigenvalue weighted by atomic mass is 10.6. The Kier molecular flexibility index (Phi) is 6.83. The van der Waals surface area contributed by atoms with Gasteiger partial charge in [-0.25, -0.2) is 9.78 Å². The van der Waals surface area contributed by atoms with Crippen LogP contribution in [0, 0.1) is 0 Å². The number of aromatic amines is 1. The molecule has 6 nitrogen and oxygen atoms in total. The maximum Gasteiger partial charge on any atom is 0.347 e. The third-order valence-corrected chi connectivity index (χ3v) is 2.35. The van der Waals surface area contributed by atoms with Crippen molar-refractivity contribution >= 4 is 15.9 Å². The van der Waals surface area contributed by atoms with Gasteiger partial charge in [0.15, 0.2) is 0 Å². The number of ether oxygens (including phenoxy) is 3. The molecule has 0 aromatic carbocycles. The molecule has 0 atom stereocenters. The Morgan fingerprint density at radius 3 is 2.76 bits per heavy atom. The average molecular weight is 307 g/mol. The van der Waals surface area contributed by atoms with Crippen molar-refractivity contribution < 1.29 is 14.2 Å². The molecule has 0 amide bonds. The summed E-state index contributed by atoms with van der Waals surface area (Å²) < 4.78 is 16.3. The molecule has 1 N–H and O–H groups in total. The van der Waals surface area contributed by atoms with Crippen LogP contribution in [0.1, 0.15) is 6.92 Å². The topological polar surface area (TPSA) is 73.4 Å². The highest BCUT2D eigenvalue weighted by Gasteiger charge is 2.02. The van der Waals surface area contributed by atoms with E-state index in [0.717, 1.165) is 0 Å². The number of halogens is 1. The first kappa shape index (κ1) is 14.1. The van der Waals surface area contributed by atoms with E-state index in [4.69, 9.17) is 14.2 Å². The molecule has 96 valence electrons. The van der Waals surface area contributed by atoms with E-state index in [0.29, 0.717) is 43.4 Å². The van der Waals surface area contributed by atoms with Crippen LogP contribution in [0.3, 0.4) is 0 Å². The Labute approximate surface area is 107 Å². The summed E-state index contributed by atoms with van der Waals surface area (Å²) >= 11 is 3.22. The first-order chi connectivity index (χ1) is 8.24. The monoisotopic (exact) mass is 306 g/mol. The fourth-order valence-corrected chi connectivity index (χ4v) is 1.35. The molecule has 0 fully saturated rings. The number of hydrogen-bond acceptors (Lipinski definition) is 5. The van der Waals surface area contributed by atoms with Crippen LogP contribution in [0.4, 0.5) is 0 Å². The number of H-pyrrole nitrogens is 1. The fourth-order valence-electron chi connectivity index (χ4n) is 1.03. The maximum atomic E-state index is 10.9. The predicted octanol–water partition coefficient (Wildman–Crippen LogP) is 0.964. The van der Waals surface area contributed by atoms with Crippen LogP contribution in [0.2, 0.25) is 0 Å². The molecule has 1 rings (SSSR count). The van der Waals surface area contributed by atoms with E-state index in [-0.39, 0.29) is 0 Å². The summed E-state index contributed by atoms with van der Waals surface area (Å²) in [6.45, 7) is 4.51. The SMILES string of the molecule is CCOCCOCCOc1[nH]c(=O)ncc1Br. The van der Waals surface area contributed by atoms with Crippen LogP contribution in [0.25, 0.3) is 0 Å². The Morgan fingerprint density at radius 2 is 2.00 bits per heavy atom. The zero-order chi connectivity index (χ0) is 12.5. The molecule has 1 aromatic heterocycles. The minimum absolute atomic E-state index is 0.352. The Balaban J connectivity index is 2.18. The number of aromatic nitrogens is 2. The van der Waals surface area contributed by atoms with Crippen molar-refractivity contribution in [3.8, 4) is 5.88 Å². The molecule has 0 saturated carbocycles. The van der Waals surface area contributed by atoms with Gasteiger partial charge in [0.05, 0.1) is 30.5 Å². The van der Waals surface area contributed by atoms with Gasteiger partial charge in [-0.3, -0.25) is 4.98 Å². The van der Waals surface area contributed by atoms with E-state index >= 15 is 0 Å². The van der Waals surface area contributed by atoms with Gasteiger partial charge in [-0.2, -0.15) is 0 Å². The van der Waals surface area contributed by atoms with Gasteiger partial charge in [0, 0.05) is 6.61 Å². The lowest BCUT2D eigenvalue weighted by Gasteiger charge is -2.07. The largest absolute Gasteiger partial charge is 0.476 e. The summed E-state index contributed by atoms with van der Waals surface area (Å²) in [4.78, 5) is 16.9. The highest BCUT2D eigenvalue weighted by atomic mass is 79.9. The second-order valence-electron chi connectivity index (χ2n) is 3.02. The number of rotatable bonds is 8. The Morgan fingerprint density at radius 1 is 1.29 bits per heavy atom. The van der Waals surface area contributed by atoms with E-state index < -0.39 is 5.69 Å². The third kappa shape index (κ3) is 5.81. The van der Waals surface area contributed by atoms with E-state index in [2.05, 4.69) is 25.9 Å². The van der Waals surface area contributed by atoms with Crippen molar-refractivity contribution in [3.05, 3.63) is 21.2 Å². The van der Waals surface area contributed by atoms with Crippen LogP contribution in [-0.4, -0.2) is 43.0 Å². The maximum absolute atomic E-state index is 10.9. The van der Waals surface area contributed by atoms with Gasteiger partial charge in [0.25, 0.3) is 0 Å². The van der Waals surface area contributed by atoms with Crippen molar-refractivity contribution in [2.45, 2.75) is 6.92 Å². The van der Waals surface area contributed by atoms with Gasteiger partial charge in [-0.05, 0) is 22.9 Å². The molecule has 0 aliphatic rings. The first-order valence-electron chi connectivity index (χ1n) is 5.27. The van der Waals surface area contributed by atoms with Gasteiger partial charge < -0.3 is 14.2 Å². The quantitative estimate of drug-likeness (QED) is 0.724. The first-order valence-corrected chi connectivity index (χ1v) is 6.06. The normalized spacial score (nSPS) is 10.5. The lowest BCUT2D eigenvalue weighted by Crippen LogP contribution is -2.15. The molecule has 17 heavy (non-hydrogen) atoms. The van der Waals surface area contributed by atoms with Crippen LogP contribution in [-0.2, 0) is 9.47 Å². The minimum Gasteiger partial charge on any atom is -0.476 e. The zero-order valence-electron chi connectivity index (χ0n) is 9.57. The molecule has 0 spiro atoms. The highest BCUT2D eigenvalue weighted by Crippen LogP contribution is 2.18. The summed E-state index contributed by atoms with van der Waals surface area (Å²) in [5.74, 6) is 0.360. The van der Waals surface area contributed by atoms with E-state index in [1.807, 2.05) is 6.92 Å². The van der Waals surface area contributed by atoms with Crippen LogP contribution < -0.4 is 10.4 Å². The Hall–Kier alpha value is -0.920. The summed E-state index contributed by atoms with van der Waals surface area (Å²) in [7, 11) is 0. The van der Waals surface area contributed by atoms with Crippen LogP contribution in [0.15, 0.2) is 15.5 Å². The van der Waals surface area contributed by atoms with E-state index in [1.54, 1.807) is 0 Å². The standard InChI is InChI=1S/C10H15BrN2O4/c1-2-15-3-4-16-5-6-17-9-8(11)7-12-10(14)13-9/h7H,2-6H2,1H3,(H,12,13,14). The molecular formula is C10H15BrN2O4. The second-order valence-corrected chi connectivity index (χ2v) is 3.88. The van der Waals surface area contributed by atoms with E-state index in [1.165, 1.54) is 6.20 Å². The van der Waals surface area contributed by atoms with Crippen LogP contribution >= 0.6 is 15.9 Å². The Bertz CT molecular complexity index is 383. The van der Waals surface area contributed by atoms with Crippen molar-refractivity contribution in [2.24, 2.45) is 0 Å². The van der Waals surface area contributed by atoms with Gasteiger partial charge in [0.1, 0.15) is 6.61 Å². The molecule has 0 bridgehead atoms. The second kappa shape index (κ2) is 8.21. The molecule has 0 aliphatic carbocycles. The van der Waals surface area contributed by atoms with Crippen molar-refractivity contribution in [3.63, 3.8) is 0 Å². The molecule has 1 aromatic rings. The minimum atomic E-state index is -0.444. The van der Waals surface area contributed by atoms with Crippen LogP contribution in [0.5, 0.6) is 5.88 Å². The number of nitrogens with zero attached hydrogens (tertiary/aromatic N) is 1. The summed E-state index contributed by atoms with van der Waals surface area (Å²) in [6.07, 6.45) is 1.39. The summed E-state index contributed by atoms with van der Waals surface area (Å²) in [5, 5.41) is 0.